The Morgan fingerprint density at radius 3 is 2.28 bits per heavy atom. The van der Waals surface area contributed by atoms with Gasteiger partial charge in [-0.2, -0.15) is 0 Å². The van der Waals surface area contributed by atoms with Gasteiger partial charge in [-0.05, 0) is 35.2 Å². The van der Waals surface area contributed by atoms with Gasteiger partial charge in [-0.3, -0.25) is 9.69 Å². The average molecular weight is 396 g/mol. The van der Waals surface area contributed by atoms with Crippen LogP contribution in [0.25, 0.3) is 0 Å². The Hall–Kier alpha value is -2.57. The zero-order chi connectivity index (χ0) is 20.2. The summed E-state index contributed by atoms with van der Waals surface area (Å²) in [6.45, 7) is 4.03. The molecule has 154 valence electrons. The minimum Gasteiger partial charge on any atom is -0.493 e. The molecule has 0 N–H and O–H groups in total. The highest BCUT2D eigenvalue weighted by Gasteiger charge is 2.34. The molecule has 2 aromatic rings. The molecule has 2 aliphatic heterocycles. The van der Waals surface area contributed by atoms with Gasteiger partial charge in [-0.15, -0.1) is 0 Å². The number of carbonyl (C=O) groups is 1. The lowest BCUT2D eigenvalue weighted by Crippen LogP contribution is -2.48. The van der Waals surface area contributed by atoms with E-state index in [1.165, 1.54) is 11.1 Å². The monoisotopic (exact) mass is 396 g/mol. The van der Waals surface area contributed by atoms with Crippen LogP contribution in [0.1, 0.15) is 22.7 Å². The Morgan fingerprint density at radius 1 is 0.966 bits per heavy atom. The Kier molecular flexibility index (Phi) is 6.02. The molecule has 6 nitrogen and oxygen atoms in total. The van der Waals surface area contributed by atoms with Gasteiger partial charge in [0.15, 0.2) is 11.5 Å². The first kappa shape index (κ1) is 19.7. The molecule has 0 aromatic heterocycles. The summed E-state index contributed by atoms with van der Waals surface area (Å²) in [6.07, 6.45) is 0.870. The van der Waals surface area contributed by atoms with Crippen LogP contribution in [-0.4, -0.2) is 62.8 Å². The smallest absolute Gasteiger partial charge is 0.244 e. The third kappa shape index (κ3) is 4.09. The average Bonchev–Trinajstić information content (AvgIpc) is 2.79. The number of amides is 1. The van der Waals surface area contributed by atoms with E-state index in [4.69, 9.17) is 14.2 Å². The number of ether oxygens (including phenoxy) is 3. The predicted molar refractivity (Wildman–Crippen MR) is 110 cm³/mol. The van der Waals surface area contributed by atoms with E-state index in [-0.39, 0.29) is 11.9 Å². The summed E-state index contributed by atoms with van der Waals surface area (Å²) in [4.78, 5) is 17.7. The minimum absolute atomic E-state index is 0.156. The van der Waals surface area contributed by atoms with Gasteiger partial charge < -0.3 is 19.1 Å². The molecule has 1 unspecified atom stereocenters. The van der Waals surface area contributed by atoms with Crippen molar-refractivity contribution in [3.63, 3.8) is 0 Å². The van der Waals surface area contributed by atoms with Gasteiger partial charge in [0.2, 0.25) is 5.91 Å². The quantitative estimate of drug-likeness (QED) is 0.778. The van der Waals surface area contributed by atoms with Gasteiger partial charge >= 0.3 is 0 Å². The molecule has 0 radical (unpaired) electrons. The number of rotatable bonds is 5. The van der Waals surface area contributed by atoms with Crippen molar-refractivity contribution in [2.75, 3.05) is 47.1 Å². The highest BCUT2D eigenvalue weighted by atomic mass is 16.5. The van der Waals surface area contributed by atoms with Crippen LogP contribution in [0.4, 0.5) is 0 Å². The van der Waals surface area contributed by atoms with Crippen molar-refractivity contribution in [3.8, 4) is 11.5 Å². The molecular weight excluding hydrogens is 368 g/mol. The van der Waals surface area contributed by atoms with E-state index in [1.807, 2.05) is 41.3 Å². The van der Waals surface area contributed by atoms with Gasteiger partial charge in [0.05, 0.1) is 27.4 Å². The molecule has 4 rings (SSSR count). The molecule has 1 fully saturated rings. The molecule has 0 aliphatic carbocycles. The van der Waals surface area contributed by atoms with E-state index in [0.717, 1.165) is 30.0 Å². The molecule has 0 saturated carbocycles. The Balaban J connectivity index is 1.64. The number of nitrogens with zero attached hydrogens (tertiary/aromatic N) is 2. The normalized spacial score (nSPS) is 18.1. The SMILES string of the molecule is COc1cc2c(cc1OC)CN(C(C(=O)N1CCOCC1)c1ccccc1)CC2. The Morgan fingerprint density at radius 2 is 1.62 bits per heavy atom. The van der Waals surface area contributed by atoms with Crippen molar-refractivity contribution in [2.45, 2.75) is 19.0 Å². The summed E-state index contributed by atoms with van der Waals surface area (Å²) in [7, 11) is 3.31. The van der Waals surface area contributed by atoms with Crippen LogP contribution in [-0.2, 0) is 22.5 Å². The van der Waals surface area contributed by atoms with Crippen LogP contribution in [0, 0.1) is 0 Å². The van der Waals surface area contributed by atoms with Gasteiger partial charge in [0, 0.05) is 26.2 Å². The molecule has 1 saturated heterocycles. The fourth-order valence-electron chi connectivity index (χ4n) is 4.23. The van der Waals surface area contributed by atoms with Crippen LogP contribution >= 0.6 is 0 Å². The second-order valence-corrected chi connectivity index (χ2v) is 7.45. The third-order valence-electron chi connectivity index (χ3n) is 5.78. The van der Waals surface area contributed by atoms with E-state index in [9.17, 15) is 4.79 Å². The first-order chi connectivity index (χ1) is 14.2. The molecule has 6 heteroatoms. The first-order valence-corrected chi connectivity index (χ1v) is 10.1. The largest absolute Gasteiger partial charge is 0.493 e. The number of methoxy groups -OCH3 is 2. The molecule has 1 atom stereocenters. The highest BCUT2D eigenvalue weighted by Crippen LogP contribution is 2.36. The number of morpholine rings is 1. The lowest BCUT2D eigenvalue weighted by atomic mass is 9.95. The molecule has 1 amide bonds. The topological polar surface area (TPSA) is 51.2 Å². The fourth-order valence-corrected chi connectivity index (χ4v) is 4.23. The molecule has 29 heavy (non-hydrogen) atoms. The number of carbonyl (C=O) groups excluding carboxylic acids is 1. The van der Waals surface area contributed by atoms with Crippen molar-refractivity contribution >= 4 is 5.91 Å². The number of benzene rings is 2. The fraction of sp³-hybridized carbons (Fsp3) is 0.435. The van der Waals surface area contributed by atoms with E-state index in [0.29, 0.717) is 32.8 Å². The van der Waals surface area contributed by atoms with E-state index in [2.05, 4.69) is 11.0 Å². The molecule has 0 bridgehead atoms. The molecular formula is C23H28N2O4. The highest BCUT2D eigenvalue weighted by molar-refractivity contribution is 5.83. The van der Waals surface area contributed by atoms with Gasteiger partial charge in [0.25, 0.3) is 0 Å². The Labute approximate surface area is 172 Å². The van der Waals surface area contributed by atoms with Crippen LogP contribution in [0.15, 0.2) is 42.5 Å². The molecule has 2 aliphatic rings. The summed E-state index contributed by atoms with van der Waals surface area (Å²) in [5.74, 6) is 1.64. The van der Waals surface area contributed by atoms with Gasteiger partial charge in [-0.1, -0.05) is 30.3 Å². The Bertz CT molecular complexity index is 849. The summed E-state index contributed by atoms with van der Waals surface area (Å²) < 4.78 is 16.4. The van der Waals surface area contributed by atoms with Gasteiger partial charge in [-0.25, -0.2) is 0 Å². The van der Waals surface area contributed by atoms with Crippen molar-refractivity contribution in [1.29, 1.82) is 0 Å². The standard InChI is InChI=1S/C23H28N2O4/c1-27-20-14-18-8-9-25(16-19(18)15-21(20)28-2)22(17-6-4-3-5-7-17)23(26)24-10-12-29-13-11-24/h3-7,14-15,22H,8-13,16H2,1-2H3. The maximum atomic E-state index is 13.5. The van der Waals surface area contributed by atoms with Crippen LogP contribution < -0.4 is 9.47 Å². The second kappa shape index (κ2) is 8.84. The zero-order valence-electron chi connectivity index (χ0n) is 17.1. The number of hydrogen-bond donors (Lipinski definition) is 0. The van der Waals surface area contributed by atoms with E-state index in [1.54, 1.807) is 14.2 Å². The van der Waals surface area contributed by atoms with Crippen molar-refractivity contribution < 1.29 is 19.0 Å². The van der Waals surface area contributed by atoms with Crippen molar-refractivity contribution in [1.82, 2.24) is 9.80 Å². The molecule has 2 aromatic carbocycles. The van der Waals surface area contributed by atoms with Crippen LogP contribution in [0.5, 0.6) is 11.5 Å². The van der Waals surface area contributed by atoms with Crippen LogP contribution in [0.2, 0.25) is 0 Å². The summed E-state index contributed by atoms with van der Waals surface area (Å²) >= 11 is 0. The first-order valence-electron chi connectivity index (χ1n) is 10.1. The molecule has 2 heterocycles. The van der Waals surface area contributed by atoms with Crippen LogP contribution in [0.3, 0.4) is 0 Å². The summed E-state index contributed by atoms with van der Waals surface area (Å²) in [5.41, 5.74) is 3.47. The number of hydrogen-bond acceptors (Lipinski definition) is 5. The van der Waals surface area contributed by atoms with Crippen molar-refractivity contribution in [2.24, 2.45) is 0 Å². The second-order valence-electron chi connectivity index (χ2n) is 7.45. The predicted octanol–water partition coefficient (Wildman–Crippen LogP) is 2.66. The molecule has 0 spiro atoms. The minimum atomic E-state index is -0.296. The maximum absolute atomic E-state index is 13.5. The van der Waals surface area contributed by atoms with E-state index < -0.39 is 0 Å². The third-order valence-corrected chi connectivity index (χ3v) is 5.78. The number of fused-ring (bicyclic) bond motifs is 1. The summed E-state index contributed by atoms with van der Waals surface area (Å²) in [6, 6.07) is 13.9. The zero-order valence-corrected chi connectivity index (χ0v) is 17.1. The van der Waals surface area contributed by atoms with Crippen molar-refractivity contribution in [3.05, 3.63) is 59.2 Å². The lowest BCUT2D eigenvalue weighted by Gasteiger charge is -2.38. The maximum Gasteiger partial charge on any atom is 0.244 e. The lowest BCUT2D eigenvalue weighted by molar-refractivity contribution is -0.141. The van der Waals surface area contributed by atoms with E-state index >= 15 is 0 Å². The van der Waals surface area contributed by atoms with Gasteiger partial charge in [0.1, 0.15) is 6.04 Å². The summed E-state index contributed by atoms with van der Waals surface area (Å²) in [5, 5.41) is 0.